The average molecular weight is 270 g/mol. The van der Waals surface area contributed by atoms with E-state index in [2.05, 4.69) is 24.3 Å². The third-order valence-corrected chi connectivity index (χ3v) is 5.16. The van der Waals surface area contributed by atoms with Crippen LogP contribution in [0.5, 0.6) is 0 Å². The fraction of sp³-hybridized carbons (Fsp3) is 0.500. The van der Waals surface area contributed by atoms with Crippen LogP contribution in [0, 0.1) is 16.7 Å². The van der Waals surface area contributed by atoms with E-state index >= 15 is 0 Å². The van der Waals surface area contributed by atoms with Gasteiger partial charge in [-0.25, -0.2) is 4.98 Å². The highest BCUT2D eigenvalue weighted by Crippen LogP contribution is 2.38. The van der Waals surface area contributed by atoms with Crippen molar-refractivity contribution in [1.29, 1.82) is 5.26 Å². The number of benzene rings is 1. The Morgan fingerprint density at radius 2 is 1.89 bits per heavy atom. The van der Waals surface area contributed by atoms with Gasteiger partial charge in [0.25, 0.3) is 0 Å². The van der Waals surface area contributed by atoms with Gasteiger partial charge in [0.05, 0.1) is 26.7 Å². The maximum absolute atomic E-state index is 9.63. The van der Waals surface area contributed by atoms with Crippen molar-refractivity contribution < 1.29 is 0 Å². The molecule has 1 fully saturated rings. The van der Waals surface area contributed by atoms with Crippen molar-refractivity contribution in [2.24, 2.45) is 5.41 Å². The van der Waals surface area contributed by atoms with Gasteiger partial charge in [0.15, 0.2) is 0 Å². The standard InChI is InChI=1S/C16H18N2S/c17-12-16(9-5-1-2-6-10-16)11-15-18-13-7-3-4-8-14(13)19-15/h3-4,7-8H,1-2,5-6,9-11H2. The summed E-state index contributed by atoms with van der Waals surface area (Å²) in [6, 6.07) is 10.9. The molecule has 0 unspecified atom stereocenters. The monoisotopic (exact) mass is 270 g/mol. The minimum absolute atomic E-state index is 0.162. The minimum Gasteiger partial charge on any atom is -0.241 e. The SMILES string of the molecule is N#CC1(Cc2nc3ccccc3s2)CCCCCC1. The molecule has 2 nitrogen and oxygen atoms in total. The van der Waals surface area contributed by atoms with E-state index in [9.17, 15) is 5.26 Å². The highest BCUT2D eigenvalue weighted by molar-refractivity contribution is 7.18. The van der Waals surface area contributed by atoms with Gasteiger partial charge in [-0.1, -0.05) is 37.8 Å². The van der Waals surface area contributed by atoms with Crippen LogP contribution in [-0.4, -0.2) is 4.98 Å². The second kappa shape index (κ2) is 5.30. The van der Waals surface area contributed by atoms with E-state index in [-0.39, 0.29) is 5.41 Å². The van der Waals surface area contributed by atoms with Crippen LogP contribution in [0.4, 0.5) is 0 Å². The lowest BCUT2D eigenvalue weighted by molar-refractivity contribution is 0.339. The van der Waals surface area contributed by atoms with E-state index in [1.54, 1.807) is 11.3 Å². The van der Waals surface area contributed by atoms with Gasteiger partial charge in [-0.3, -0.25) is 0 Å². The molecule has 1 saturated carbocycles. The molecule has 0 saturated heterocycles. The molecule has 1 aliphatic carbocycles. The van der Waals surface area contributed by atoms with Crippen LogP contribution in [0.1, 0.15) is 43.5 Å². The molecule has 0 aliphatic heterocycles. The first-order chi connectivity index (χ1) is 9.31. The van der Waals surface area contributed by atoms with Crippen LogP contribution in [0.3, 0.4) is 0 Å². The molecule has 0 N–H and O–H groups in total. The zero-order valence-electron chi connectivity index (χ0n) is 11.1. The second-order valence-corrected chi connectivity index (χ2v) is 6.67. The number of aromatic nitrogens is 1. The van der Waals surface area contributed by atoms with E-state index in [0.29, 0.717) is 0 Å². The van der Waals surface area contributed by atoms with Crippen molar-refractivity contribution in [3.05, 3.63) is 29.3 Å². The molecular formula is C16H18N2S. The van der Waals surface area contributed by atoms with Crippen molar-refractivity contribution in [2.75, 3.05) is 0 Å². The van der Waals surface area contributed by atoms with Gasteiger partial charge >= 0.3 is 0 Å². The summed E-state index contributed by atoms with van der Waals surface area (Å²) < 4.78 is 1.24. The molecule has 1 aromatic heterocycles. The third-order valence-electron chi connectivity index (χ3n) is 4.13. The molecule has 0 spiro atoms. The Morgan fingerprint density at radius 1 is 1.16 bits per heavy atom. The van der Waals surface area contributed by atoms with Gasteiger partial charge < -0.3 is 0 Å². The fourth-order valence-electron chi connectivity index (χ4n) is 3.02. The van der Waals surface area contributed by atoms with Crippen molar-refractivity contribution in [3.8, 4) is 6.07 Å². The second-order valence-electron chi connectivity index (χ2n) is 5.56. The third kappa shape index (κ3) is 2.64. The lowest BCUT2D eigenvalue weighted by Gasteiger charge is -2.23. The predicted molar refractivity (Wildman–Crippen MR) is 79.1 cm³/mol. The average Bonchev–Trinajstić information content (AvgIpc) is 2.69. The largest absolute Gasteiger partial charge is 0.241 e. The minimum atomic E-state index is -0.162. The van der Waals surface area contributed by atoms with Gasteiger partial charge in [0, 0.05) is 6.42 Å². The molecule has 0 amide bonds. The van der Waals surface area contributed by atoms with E-state index in [4.69, 9.17) is 4.98 Å². The summed E-state index contributed by atoms with van der Waals surface area (Å²) in [5.41, 5.74) is 0.911. The normalized spacial score (nSPS) is 18.9. The van der Waals surface area contributed by atoms with Crippen LogP contribution in [0.15, 0.2) is 24.3 Å². The number of hydrogen-bond donors (Lipinski definition) is 0. The highest BCUT2D eigenvalue weighted by atomic mass is 32.1. The van der Waals surface area contributed by atoms with Crippen molar-refractivity contribution in [3.63, 3.8) is 0 Å². The zero-order chi connectivity index (χ0) is 13.1. The molecule has 2 aromatic rings. The van der Waals surface area contributed by atoms with Crippen LogP contribution in [-0.2, 0) is 6.42 Å². The first-order valence-electron chi connectivity index (χ1n) is 7.07. The quantitative estimate of drug-likeness (QED) is 0.741. The Bertz CT molecular complexity index is 567. The molecule has 3 rings (SSSR count). The predicted octanol–water partition coefficient (Wildman–Crippen LogP) is 4.70. The maximum atomic E-state index is 9.63. The summed E-state index contributed by atoms with van der Waals surface area (Å²) >= 11 is 1.75. The Labute approximate surface area is 118 Å². The molecule has 1 aromatic carbocycles. The Balaban J connectivity index is 1.87. The smallest absolute Gasteiger partial charge is 0.0954 e. The first-order valence-corrected chi connectivity index (χ1v) is 7.89. The van der Waals surface area contributed by atoms with Crippen LogP contribution in [0.2, 0.25) is 0 Å². The lowest BCUT2D eigenvalue weighted by Crippen LogP contribution is -2.20. The van der Waals surface area contributed by atoms with Crippen molar-refractivity contribution >= 4 is 21.6 Å². The number of nitriles is 1. The molecule has 98 valence electrons. The number of hydrogen-bond acceptors (Lipinski definition) is 3. The molecule has 0 atom stereocenters. The fourth-order valence-corrected chi connectivity index (χ4v) is 4.13. The summed E-state index contributed by atoms with van der Waals surface area (Å²) in [4.78, 5) is 4.70. The Hall–Kier alpha value is -1.40. The van der Waals surface area contributed by atoms with E-state index in [0.717, 1.165) is 29.8 Å². The number of fused-ring (bicyclic) bond motifs is 1. The van der Waals surface area contributed by atoms with Crippen LogP contribution < -0.4 is 0 Å². The summed E-state index contributed by atoms with van der Waals surface area (Å²) in [7, 11) is 0. The summed E-state index contributed by atoms with van der Waals surface area (Å²) in [5.74, 6) is 0. The summed E-state index contributed by atoms with van der Waals surface area (Å²) in [6.45, 7) is 0. The number of rotatable bonds is 2. The number of nitrogens with zero attached hydrogens (tertiary/aromatic N) is 2. The molecule has 1 aliphatic rings. The van der Waals surface area contributed by atoms with Crippen LogP contribution in [0.25, 0.3) is 10.2 Å². The molecular weight excluding hydrogens is 252 g/mol. The molecule has 1 heterocycles. The number of para-hydroxylation sites is 1. The van der Waals surface area contributed by atoms with Gasteiger partial charge in [0.2, 0.25) is 0 Å². The molecule has 0 radical (unpaired) electrons. The van der Waals surface area contributed by atoms with E-state index in [1.807, 2.05) is 6.07 Å². The highest BCUT2D eigenvalue weighted by Gasteiger charge is 2.32. The number of thiazole rings is 1. The van der Waals surface area contributed by atoms with E-state index < -0.39 is 0 Å². The maximum Gasteiger partial charge on any atom is 0.0954 e. The van der Waals surface area contributed by atoms with Crippen molar-refractivity contribution in [1.82, 2.24) is 4.98 Å². The summed E-state index contributed by atoms with van der Waals surface area (Å²) in [5, 5.41) is 10.8. The van der Waals surface area contributed by atoms with E-state index in [1.165, 1.54) is 30.4 Å². The van der Waals surface area contributed by atoms with Crippen LogP contribution >= 0.6 is 11.3 Å². The molecule has 19 heavy (non-hydrogen) atoms. The topological polar surface area (TPSA) is 36.7 Å². The van der Waals surface area contributed by atoms with Gasteiger partial charge in [-0.2, -0.15) is 5.26 Å². The molecule has 0 bridgehead atoms. The molecule has 3 heteroatoms. The summed E-state index contributed by atoms with van der Waals surface area (Å²) in [6.07, 6.45) is 7.87. The van der Waals surface area contributed by atoms with Gasteiger partial charge in [0.1, 0.15) is 0 Å². The van der Waals surface area contributed by atoms with Gasteiger partial charge in [-0.05, 0) is 25.0 Å². The zero-order valence-corrected chi connectivity index (χ0v) is 11.9. The van der Waals surface area contributed by atoms with Crippen molar-refractivity contribution in [2.45, 2.75) is 44.9 Å². The Kier molecular flexibility index (Phi) is 3.52. The lowest BCUT2D eigenvalue weighted by atomic mass is 9.79. The Morgan fingerprint density at radius 3 is 2.58 bits per heavy atom. The first kappa shape index (κ1) is 12.6. The van der Waals surface area contributed by atoms with Gasteiger partial charge in [-0.15, -0.1) is 11.3 Å².